The van der Waals surface area contributed by atoms with Crippen molar-refractivity contribution in [3.05, 3.63) is 42.1 Å². The lowest BCUT2D eigenvalue weighted by atomic mass is 9.82. The summed E-state index contributed by atoms with van der Waals surface area (Å²) in [6.45, 7) is 0. The molecule has 3 nitrogen and oxygen atoms in total. The molecule has 98 valence electrons. The van der Waals surface area contributed by atoms with Crippen molar-refractivity contribution in [2.45, 2.75) is 31.6 Å². The third-order valence-electron chi connectivity index (χ3n) is 3.89. The Morgan fingerprint density at radius 1 is 1.16 bits per heavy atom. The zero-order valence-corrected chi connectivity index (χ0v) is 12.8. The van der Waals surface area contributed by atoms with Crippen LogP contribution >= 0.6 is 22.9 Å². The molecular weight excluding hydrogens is 349 g/mol. The summed E-state index contributed by atoms with van der Waals surface area (Å²) in [5.41, 5.74) is 3.85. The molecule has 0 aliphatic heterocycles. The Morgan fingerprint density at radius 2 is 1.95 bits per heavy atom. The molecular formula is C15H16IN3. The Morgan fingerprint density at radius 3 is 2.74 bits per heavy atom. The number of pyridine rings is 1. The molecule has 0 unspecified atom stereocenters. The fourth-order valence-electron chi connectivity index (χ4n) is 2.91. The van der Waals surface area contributed by atoms with E-state index in [-0.39, 0.29) is 0 Å². The lowest BCUT2D eigenvalue weighted by molar-refractivity contribution is 0.568. The molecule has 4 heteroatoms. The summed E-state index contributed by atoms with van der Waals surface area (Å²) in [7, 11) is 0. The molecule has 0 radical (unpaired) electrons. The van der Waals surface area contributed by atoms with Crippen LogP contribution in [-0.2, 0) is 0 Å². The van der Waals surface area contributed by atoms with Crippen LogP contribution < -0.4 is 3.64 Å². The van der Waals surface area contributed by atoms with Gasteiger partial charge in [0.1, 0.15) is 0 Å². The molecule has 0 amide bonds. The molecule has 1 heterocycles. The van der Waals surface area contributed by atoms with Gasteiger partial charge in [-0.25, -0.2) is 3.64 Å². The number of hydrogen-bond acceptors (Lipinski definition) is 3. The van der Waals surface area contributed by atoms with Gasteiger partial charge in [-0.1, -0.05) is 18.2 Å². The minimum atomic E-state index is 0.640. The molecule has 1 fully saturated rings. The highest BCUT2D eigenvalue weighted by Gasteiger charge is 2.20. The SMILES string of the molecule is INN=C1CCC(c2ccnc3ccccc23)CC1. The van der Waals surface area contributed by atoms with E-state index < -0.39 is 0 Å². The summed E-state index contributed by atoms with van der Waals surface area (Å²) >= 11 is 2.07. The number of hydrazone groups is 1. The van der Waals surface area contributed by atoms with E-state index in [2.05, 4.69) is 66.9 Å². The number of rotatable bonds is 2. The smallest absolute Gasteiger partial charge is 0.0750 e. The maximum Gasteiger partial charge on any atom is 0.0750 e. The van der Waals surface area contributed by atoms with E-state index >= 15 is 0 Å². The average Bonchev–Trinajstić information content (AvgIpc) is 2.48. The largest absolute Gasteiger partial charge is 0.256 e. The molecule has 1 saturated carbocycles. The average molecular weight is 365 g/mol. The highest BCUT2D eigenvalue weighted by molar-refractivity contribution is 14.1. The normalized spacial score (nSPS) is 19.4. The second-order valence-corrected chi connectivity index (χ2v) is 5.44. The van der Waals surface area contributed by atoms with Crippen LogP contribution in [0.3, 0.4) is 0 Å². The fourth-order valence-corrected chi connectivity index (χ4v) is 3.25. The van der Waals surface area contributed by atoms with E-state index in [1.807, 2.05) is 6.20 Å². The first kappa shape index (κ1) is 12.8. The third kappa shape index (κ3) is 2.73. The first-order chi connectivity index (χ1) is 9.38. The highest BCUT2D eigenvalue weighted by atomic mass is 127. The van der Waals surface area contributed by atoms with Crippen LogP contribution in [0, 0.1) is 0 Å². The summed E-state index contributed by atoms with van der Waals surface area (Å²) in [5.74, 6) is 0.640. The van der Waals surface area contributed by atoms with E-state index in [0.717, 1.165) is 18.4 Å². The first-order valence-corrected chi connectivity index (χ1v) is 7.71. The number of fused-ring (bicyclic) bond motifs is 1. The van der Waals surface area contributed by atoms with Crippen molar-refractivity contribution >= 4 is 39.5 Å². The second kappa shape index (κ2) is 5.86. The van der Waals surface area contributed by atoms with Gasteiger partial charge in [-0.3, -0.25) is 4.98 Å². The zero-order valence-electron chi connectivity index (χ0n) is 10.6. The van der Waals surface area contributed by atoms with Gasteiger partial charge in [0.05, 0.1) is 28.4 Å². The highest BCUT2D eigenvalue weighted by Crippen LogP contribution is 2.34. The molecule has 1 aliphatic carbocycles. The van der Waals surface area contributed by atoms with E-state index in [1.54, 1.807) is 0 Å². The van der Waals surface area contributed by atoms with Crippen LogP contribution in [0.1, 0.15) is 37.2 Å². The Labute approximate surface area is 127 Å². The van der Waals surface area contributed by atoms with Gasteiger partial charge in [0.15, 0.2) is 0 Å². The number of benzene rings is 1. The zero-order chi connectivity index (χ0) is 13.1. The third-order valence-corrected chi connectivity index (χ3v) is 4.13. The molecule has 1 aromatic carbocycles. The molecule has 3 rings (SSSR count). The molecule has 1 N–H and O–H groups in total. The van der Waals surface area contributed by atoms with Crippen LogP contribution in [0.2, 0.25) is 0 Å². The quantitative estimate of drug-likeness (QED) is 0.492. The maximum absolute atomic E-state index is 4.45. The number of halogens is 1. The number of nitrogens with zero attached hydrogens (tertiary/aromatic N) is 2. The number of nitrogens with one attached hydrogen (secondary N) is 1. The van der Waals surface area contributed by atoms with Gasteiger partial charge in [-0.2, -0.15) is 5.10 Å². The summed E-state index contributed by atoms with van der Waals surface area (Å²) in [5, 5.41) is 5.62. The van der Waals surface area contributed by atoms with Crippen LogP contribution in [-0.4, -0.2) is 10.7 Å². The summed E-state index contributed by atoms with van der Waals surface area (Å²) < 4.78 is 2.87. The van der Waals surface area contributed by atoms with Gasteiger partial charge in [0, 0.05) is 17.3 Å². The van der Waals surface area contributed by atoms with Crippen molar-refractivity contribution in [2.75, 3.05) is 0 Å². The van der Waals surface area contributed by atoms with Gasteiger partial charge >= 0.3 is 0 Å². The van der Waals surface area contributed by atoms with Crippen molar-refractivity contribution in [2.24, 2.45) is 5.10 Å². The summed E-state index contributed by atoms with van der Waals surface area (Å²) in [6.07, 6.45) is 6.50. The molecule has 1 aliphatic rings. The topological polar surface area (TPSA) is 37.3 Å². The fraction of sp³-hybridized carbons (Fsp3) is 0.333. The van der Waals surface area contributed by atoms with Crippen LogP contribution in [0.25, 0.3) is 10.9 Å². The van der Waals surface area contributed by atoms with Gasteiger partial charge in [0.2, 0.25) is 0 Å². The number of para-hydroxylation sites is 1. The predicted octanol–water partition coefficient (Wildman–Crippen LogP) is 4.19. The van der Waals surface area contributed by atoms with Crippen LogP contribution in [0.4, 0.5) is 0 Å². The summed E-state index contributed by atoms with van der Waals surface area (Å²) in [6, 6.07) is 10.6. The molecule has 2 aromatic rings. The Balaban J connectivity index is 1.88. The monoisotopic (exact) mass is 365 g/mol. The molecule has 0 atom stereocenters. The minimum absolute atomic E-state index is 0.640. The standard InChI is InChI=1S/C15H16IN3/c16-19-18-12-7-5-11(6-8-12)13-9-10-17-15-4-2-1-3-14(13)15/h1-4,9-11,19H,5-8H2. The van der Waals surface area contributed by atoms with E-state index in [1.165, 1.54) is 29.5 Å². The molecule has 0 bridgehead atoms. The Bertz CT molecular complexity index is 594. The molecule has 0 saturated heterocycles. The van der Waals surface area contributed by atoms with Gasteiger partial charge in [-0.05, 0) is 49.3 Å². The van der Waals surface area contributed by atoms with Crippen molar-refractivity contribution in [1.82, 2.24) is 8.62 Å². The van der Waals surface area contributed by atoms with Crippen molar-refractivity contribution in [1.29, 1.82) is 0 Å². The van der Waals surface area contributed by atoms with Gasteiger partial charge in [0.25, 0.3) is 0 Å². The maximum atomic E-state index is 4.45. The predicted molar refractivity (Wildman–Crippen MR) is 87.5 cm³/mol. The van der Waals surface area contributed by atoms with E-state index in [0.29, 0.717) is 5.92 Å². The minimum Gasteiger partial charge on any atom is -0.256 e. The van der Waals surface area contributed by atoms with E-state index in [4.69, 9.17) is 0 Å². The lowest BCUT2D eigenvalue weighted by Crippen LogP contribution is -2.14. The Kier molecular flexibility index (Phi) is 3.96. The van der Waals surface area contributed by atoms with E-state index in [9.17, 15) is 0 Å². The number of hydrogen-bond donors (Lipinski definition) is 1. The second-order valence-electron chi connectivity index (χ2n) is 4.95. The van der Waals surface area contributed by atoms with Crippen LogP contribution in [0.5, 0.6) is 0 Å². The van der Waals surface area contributed by atoms with Crippen LogP contribution in [0.15, 0.2) is 41.6 Å². The first-order valence-electron chi connectivity index (χ1n) is 6.63. The van der Waals surface area contributed by atoms with Crippen molar-refractivity contribution in [3.63, 3.8) is 0 Å². The van der Waals surface area contributed by atoms with Gasteiger partial charge < -0.3 is 0 Å². The van der Waals surface area contributed by atoms with Crippen molar-refractivity contribution in [3.8, 4) is 0 Å². The van der Waals surface area contributed by atoms with Gasteiger partial charge in [-0.15, -0.1) is 0 Å². The lowest BCUT2D eigenvalue weighted by Gasteiger charge is -2.24. The van der Waals surface area contributed by atoms with Crippen molar-refractivity contribution < 1.29 is 0 Å². The molecule has 1 aromatic heterocycles. The Hall–Kier alpha value is -1.17. The molecule has 19 heavy (non-hydrogen) atoms. The molecule has 0 spiro atoms. The number of aromatic nitrogens is 1. The summed E-state index contributed by atoms with van der Waals surface area (Å²) in [4.78, 5) is 4.45.